The van der Waals surface area contributed by atoms with Crippen LogP contribution in [0.2, 0.25) is 5.02 Å². The third kappa shape index (κ3) is 4.36. The van der Waals surface area contributed by atoms with E-state index >= 15 is 0 Å². The molecule has 8 heteroatoms. The van der Waals surface area contributed by atoms with Crippen LogP contribution in [0.15, 0.2) is 70.6 Å². The van der Waals surface area contributed by atoms with E-state index in [1.807, 2.05) is 18.2 Å². The van der Waals surface area contributed by atoms with E-state index in [4.69, 9.17) is 21.1 Å². The molecule has 3 aromatic carbocycles. The van der Waals surface area contributed by atoms with Gasteiger partial charge in [-0.15, -0.1) is 0 Å². The van der Waals surface area contributed by atoms with Crippen molar-refractivity contribution in [3.8, 4) is 11.5 Å². The highest BCUT2D eigenvalue weighted by Gasteiger charge is 2.18. The Balaban J connectivity index is 1.60. The summed E-state index contributed by atoms with van der Waals surface area (Å²) in [6.07, 6.45) is 1.65. The van der Waals surface area contributed by atoms with Crippen molar-refractivity contribution in [3.05, 3.63) is 76.8 Å². The molecule has 1 aliphatic heterocycles. The van der Waals surface area contributed by atoms with Gasteiger partial charge in [0.05, 0.1) is 16.3 Å². The van der Waals surface area contributed by atoms with Gasteiger partial charge >= 0.3 is 0 Å². The molecule has 0 aromatic heterocycles. The standard InChI is InChI=1S/C21H17ClN2O4S/c1-14-5-7-17(23-12-15-6-8-19-20(9-15)28-13-27-19)11-21(14)29(25,26)24-18-4-2-3-16(22)10-18/h2-12,24H,13H2,1H3. The van der Waals surface area contributed by atoms with Gasteiger partial charge in [-0.2, -0.15) is 0 Å². The largest absolute Gasteiger partial charge is 0.454 e. The lowest BCUT2D eigenvalue weighted by Crippen LogP contribution is -2.14. The molecule has 1 aliphatic rings. The van der Waals surface area contributed by atoms with Crippen molar-refractivity contribution >= 4 is 39.2 Å². The summed E-state index contributed by atoms with van der Waals surface area (Å²) in [7, 11) is -3.79. The lowest BCUT2D eigenvalue weighted by molar-refractivity contribution is 0.174. The third-order valence-electron chi connectivity index (χ3n) is 4.30. The van der Waals surface area contributed by atoms with Crippen LogP contribution in [0, 0.1) is 6.92 Å². The van der Waals surface area contributed by atoms with Crippen LogP contribution in [0.4, 0.5) is 11.4 Å². The fraction of sp³-hybridized carbons (Fsp3) is 0.0952. The molecule has 0 aliphatic carbocycles. The van der Waals surface area contributed by atoms with Gasteiger partial charge in [0.15, 0.2) is 11.5 Å². The number of aryl methyl sites for hydroxylation is 1. The Kier molecular flexibility index (Phi) is 5.17. The molecule has 0 unspecified atom stereocenters. The summed E-state index contributed by atoms with van der Waals surface area (Å²) in [5.41, 5.74) is 2.34. The summed E-state index contributed by atoms with van der Waals surface area (Å²) in [4.78, 5) is 4.55. The molecular formula is C21H17ClN2O4S. The molecule has 0 amide bonds. The number of hydrogen-bond acceptors (Lipinski definition) is 5. The van der Waals surface area contributed by atoms with Gasteiger partial charge < -0.3 is 9.47 Å². The summed E-state index contributed by atoms with van der Waals surface area (Å²) in [6.45, 7) is 1.94. The van der Waals surface area contributed by atoms with Crippen LogP contribution in [0.5, 0.6) is 11.5 Å². The number of anilines is 1. The lowest BCUT2D eigenvalue weighted by atomic mass is 10.2. The van der Waals surface area contributed by atoms with Crippen LogP contribution in [0.25, 0.3) is 0 Å². The van der Waals surface area contributed by atoms with Crippen molar-refractivity contribution < 1.29 is 17.9 Å². The molecular weight excluding hydrogens is 412 g/mol. The smallest absolute Gasteiger partial charge is 0.262 e. The summed E-state index contributed by atoms with van der Waals surface area (Å²) >= 11 is 5.94. The van der Waals surface area contributed by atoms with Crippen molar-refractivity contribution in [2.24, 2.45) is 4.99 Å². The molecule has 29 heavy (non-hydrogen) atoms. The molecule has 4 rings (SSSR count). The number of nitrogens with one attached hydrogen (secondary N) is 1. The molecule has 0 saturated carbocycles. The highest BCUT2D eigenvalue weighted by Crippen LogP contribution is 2.32. The first-order valence-electron chi connectivity index (χ1n) is 8.73. The molecule has 148 valence electrons. The second-order valence-electron chi connectivity index (χ2n) is 6.44. The fourth-order valence-electron chi connectivity index (χ4n) is 2.86. The van der Waals surface area contributed by atoms with Crippen molar-refractivity contribution in [3.63, 3.8) is 0 Å². The molecule has 0 fully saturated rings. The number of sulfonamides is 1. The zero-order valence-corrected chi connectivity index (χ0v) is 17.0. The highest BCUT2D eigenvalue weighted by molar-refractivity contribution is 7.92. The van der Waals surface area contributed by atoms with Gasteiger partial charge in [0.25, 0.3) is 10.0 Å². The quantitative estimate of drug-likeness (QED) is 0.584. The number of nitrogens with zero attached hydrogens (tertiary/aromatic N) is 1. The number of ether oxygens (including phenoxy) is 2. The number of benzene rings is 3. The first-order valence-corrected chi connectivity index (χ1v) is 10.6. The molecule has 0 bridgehead atoms. The highest BCUT2D eigenvalue weighted by atomic mass is 35.5. The Morgan fingerprint density at radius 1 is 1.03 bits per heavy atom. The van der Waals surface area contributed by atoms with Gasteiger partial charge in [-0.1, -0.05) is 23.7 Å². The van der Waals surface area contributed by atoms with Crippen molar-refractivity contribution in [2.75, 3.05) is 11.5 Å². The van der Waals surface area contributed by atoms with E-state index in [-0.39, 0.29) is 11.7 Å². The minimum absolute atomic E-state index is 0.151. The average Bonchev–Trinajstić information content (AvgIpc) is 3.14. The Labute approximate surface area is 173 Å². The van der Waals surface area contributed by atoms with Crippen LogP contribution in [0.1, 0.15) is 11.1 Å². The van der Waals surface area contributed by atoms with Crippen molar-refractivity contribution in [2.45, 2.75) is 11.8 Å². The van der Waals surface area contributed by atoms with Gasteiger partial charge in [-0.05, 0) is 66.6 Å². The Hall–Kier alpha value is -3.03. The Morgan fingerprint density at radius 3 is 2.69 bits per heavy atom. The second kappa shape index (κ2) is 7.77. The van der Waals surface area contributed by atoms with E-state index in [0.717, 1.165) is 5.56 Å². The lowest BCUT2D eigenvalue weighted by Gasteiger charge is -2.11. The van der Waals surface area contributed by atoms with Gasteiger partial charge in [0.2, 0.25) is 6.79 Å². The Bertz CT molecular complexity index is 1210. The summed E-state index contributed by atoms with van der Waals surface area (Å²) in [6, 6.07) is 17.0. The molecule has 0 radical (unpaired) electrons. The minimum Gasteiger partial charge on any atom is -0.454 e. The summed E-state index contributed by atoms with van der Waals surface area (Å²) < 4.78 is 38.9. The van der Waals surface area contributed by atoms with Crippen LogP contribution >= 0.6 is 11.6 Å². The second-order valence-corrected chi connectivity index (χ2v) is 8.52. The zero-order valence-electron chi connectivity index (χ0n) is 15.4. The molecule has 1 N–H and O–H groups in total. The fourth-order valence-corrected chi connectivity index (χ4v) is 4.37. The predicted molar refractivity (Wildman–Crippen MR) is 113 cm³/mol. The SMILES string of the molecule is Cc1ccc(N=Cc2ccc3c(c2)OCO3)cc1S(=O)(=O)Nc1cccc(Cl)c1. The van der Waals surface area contributed by atoms with Crippen LogP contribution in [0.3, 0.4) is 0 Å². The molecule has 6 nitrogen and oxygen atoms in total. The molecule has 0 spiro atoms. The van der Waals surface area contributed by atoms with Gasteiger partial charge in [-0.25, -0.2) is 8.42 Å². The topological polar surface area (TPSA) is 77.0 Å². The average molecular weight is 429 g/mol. The maximum Gasteiger partial charge on any atom is 0.262 e. The van der Waals surface area contributed by atoms with Crippen LogP contribution in [-0.2, 0) is 10.0 Å². The van der Waals surface area contributed by atoms with E-state index in [1.54, 1.807) is 49.5 Å². The Morgan fingerprint density at radius 2 is 1.86 bits per heavy atom. The molecule has 1 heterocycles. The van der Waals surface area contributed by atoms with E-state index in [9.17, 15) is 8.42 Å². The van der Waals surface area contributed by atoms with Gasteiger partial charge in [0.1, 0.15) is 0 Å². The van der Waals surface area contributed by atoms with E-state index in [1.165, 1.54) is 6.07 Å². The third-order valence-corrected chi connectivity index (χ3v) is 6.06. The molecule has 0 saturated heterocycles. The maximum atomic E-state index is 12.9. The van der Waals surface area contributed by atoms with Gasteiger partial charge in [0, 0.05) is 11.2 Å². The van der Waals surface area contributed by atoms with Crippen molar-refractivity contribution in [1.82, 2.24) is 0 Å². The van der Waals surface area contributed by atoms with Crippen LogP contribution < -0.4 is 14.2 Å². The first kappa shape index (κ1) is 19.3. The molecule has 0 atom stereocenters. The zero-order chi connectivity index (χ0) is 20.4. The maximum absolute atomic E-state index is 12.9. The number of hydrogen-bond donors (Lipinski definition) is 1. The molecule has 3 aromatic rings. The minimum atomic E-state index is -3.79. The van der Waals surface area contributed by atoms with Crippen LogP contribution in [-0.4, -0.2) is 21.4 Å². The number of aliphatic imine (C=N–C) groups is 1. The van der Waals surface area contributed by atoms with E-state index in [0.29, 0.717) is 33.5 Å². The van der Waals surface area contributed by atoms with E-state index in [2.05, 4.69) is 9.71 Å². The number of fused-ring (bicyclic) bond motifs is 1. The predicted octanol–water partition coefficient (Wildman–Crippen LogP) is 4.93. The monoisotopic (exact) mass is 428 g/mol. The number of halogens is 1. The first-order chi connectivity index (χ1) is 13.9. The van der Waals surface area contributed by atoms with Gasteiger partial charge in [-0.3, -0.25) is 9.71 Å². The summed E-state index contributed by atoms with van der Waals surface area (Å²) in [5.74, 6) is 1.35. The number of rotatable bonds is 5. The normalized spacial score (nSPS) is 13.0. The summed E-state index contributed by atoms with van der Waals surface area (Å²) in [5, 5.41) is 0.448. The van der Waals surface area contributed by atoms with Crippen molar-refractivity contribution in [1.29, 1.82) is 0 Å². The van der Waals surface area contributed by atoms with E-state index < -0.39 is 10.0 Å².